The Balaban J connectivity index is 2.95. The first-order chi connectivity index (χ1) is 9.57. The number of nitrogens with zero attached hydrogens (tertiary/aromatic N) is 1. The molecule has 0 spiro atoms. The van der Waals surface area contributed by atoms with E-state index >= 15 is 0 Å². The smallest absolute Gasteiger partial charge is 0.311 e. The van der Waals surface area contributed by atoms with Crippen molar-refractivity contribution in [2.24, 2.45) is 0 Å². The highest BCUT2D eigenvalue weighted by atomic mass is 32.2. The summed E-state index contributed by atoms with van der Waals surface area (Å²) in [6.07, 6.45) is -5.66. The highest BCUT2D eigenvalue weighted by Gasteiger charge is 2.33. The van der Waals surface area contributed by atoms with E-state index in [1.807, 2.05) is 11.6 Å². The molecule has 1 heterocycles. The van der Waals surface area contributed by atoms with E-state index in [2.05, 4.69) is 15.5 Å². The van der Waals surface area contributed by atoms with Gasteiger partial charge in [0.25, 0.3) is 0 Å². The van der Waals surface area contributed by atoms with Gasteiger partial charge in [0.2, 0.25) is 10.0 Å². The predicted octanol–water partition coefficient (Wildman–Crippen LogP) is 1.45. The van der Waals surface area contributed by atoms with Crippen molar-refractivity contribution in [3.63, 3.8) is 0 Å². The fourth-order valence-corrected chi connectivity index (χ4v) is 3.51. The number of H-pyrrole nitrogens is 1. The van der Waals surface area contributed by atoms with Crippen LogP contribution in [0.3, 0.4) is 0 Å². The van der Waals surface area contributed by atoms with Crippen LogP contribution in [0.1, 0.15) is 31.7 Å². The lowest BCUT2D eigenvalue weighted by Crippen LogP contribution is -2.36. The van der Waals surface area contributed by atoms with Crippen molar-refractivity contribution in [3.8, 4) is 0 Å². The van der Waals surface area contributed by atoms with Gasteiger partial charge in [-0.1, -0.05) is 6.92 Å². The van der Waals surface area contributed by atoms with E-state index in [1.54, 1.807) is 0 Å². The first-order valence-corrected chi connectivity index (χ1v) is 7.88. The minimum Gasteiger partial charge on any atom is -0.311 e. The minimum absolute atomic E-state index is 0.0996. The van der Waals surface area contributed by atoms with Gasteiger partial charge < -0.3 is 5.32 Å². The second kappa shape index (κ2) is 6.75. The summed E-state index contributed by atoms with van der Waals surface area (Å²) in [6.45, 7) is 5.35. The molecule has 1 unspecified atom stereocenters. The van der Waals surface area contributed by atoms with Crippen LogP contribution in [0.2, 0.25) is 0 Å². The van der Waals surface area contributed by atoms with Crippen LogP contribution in [-0.2, 0) is 16.6 Å². The van der Waals surface area contributed by atoms with Crippen molar-refractivity contribution in [3.05, 3.63) is 11.4 Å². The maximum absolute atomic E-state index is 12.3. The van der Waals surface area contributed by atoms with Crippen LogP contribution in [0.5, 0.6) is 0 Å². The van der Waals surface area contributed by atoms with Crippen molar-refractivity contribution in [1.29, 1.82) is 0 Å². The lowest BCUT2D eigenvalue weighted by Gasteiger charge is -2.16. The van der Waals surface area contributed by atoms with Gasteiger partial charge in [0, 0.05) is 12.6 Å². The van der Waals surface area contributed by atoms with E-state index in [4.69, 9.17) is 0 Å². The summed E-state index contributed by atoms with van der Waals surface area (Å²) in [4.78, 5) is -0.0996. The summed E-state index contributed by atoms with van der Waals surface area (Å²) in [5.41, 5.74) is 0.538. The third kappa shape index (κ3) is 5.29. The van der Waals surface area contributed by atoms with Gasteiger partial charge in [-0.05, 0) is 20.4 Å². The molecule has 1 aromatic heterocycles. The van der Waals surface area contributed by atoms with Gasteiger partial charge in [-0.15, -0.1) is 0 Å². The SMILES string of the molecule is CCNCc1n[nH]c(C)c1S(=O)(=O)NC(C)CC(F)(F)F. The van der Waals surface area contributed by atoms with E-state index in [1.165, 1.54) is 13.8 Å². The third-order valence-corrected chi connectivity index (χ3v) is 4.46. The Hall–Kier alpha value is -1.13. The molecule has 0 saturated heterocycles. The topological polar surface area (TPSA) is 86.9 Å². The second-order valence-corrected chi connectivity index (χ2v) is 6.40. The van der Waals surface area contributed by atoms with Gasteiger partial charge in [-0.3, -0.25) is 5.10 Å². The zero-order valence-electron chi connectivity index (χ0n) is 12.0. The molecule has 6 nitrogen and oxygen atoms in total. The number of sulfonamides is 1. The quantitative estimate of drug-likeness (QED) is 0.707. The number of aromatic nitrogens is 2. The number of aromatic amines is 1. The van der Waals surface area contributed by atoms with Gasteiger partial charge in [-0.2, -0.15) is 18.3 Å². The molecule has 0 bridgehead atoms. The lowest BCUT2D eigenvalue weighted by atomic mass is 10.2. The van der Waals surface area contributed by atoms with Crippen LogP contribution >= 0.6 is 0 Å². The predicted molar refractivity (Wildman–Crippen MR) is 71.2 cm³/mol. The molecular weight excluding hydrogens is 309 g/mol. The standard InChI is InChI=1S/C11H19F3N4O2S/c1-4-15-6-9-10(8(3)16-17-9)21(19,20)18-7(2)5-11(12,13)14/h7,15,18H,4-6H2,1-3H3,(H,16,17). The molecule has 21 heavy (non-hydrogen) atoms. The molecule has 1 aromatic rings. The molecule has 1 atom stereocenters. The number of hydrogen-bond acceptors (Lipinski definition) is 4. The second-order valence-electron chi connectivity index (χ2n) is 4.75. The van der Waals surface area contributed by atoms with Crippen molar-refractivity contribution in [2.75, 3.05) is 6.54 Å². The van der Waals surface area contributed by atoms with Crippen molar-refractivity contribution >= 4 is 10.0 Å². The first kappa shape index (κ1) is 17.9. The molecular formula is C11H19F3N4O2S. The molecule has 3 N–H and O–H groups in total. The summed E-state index contributed by atoms with van der Waals surface area (Å²) >= 11 is 0. The average molecular weight is 328 g/mol. The summed E-state index contributed by atoms with van der Waals surface area (Å²) in [5.74, 6) is 0. The normalized spacial score (nSPS) is 14.4. The Morgan fingerprint density at radius 2 is 2.00 bits per heavy atom. The fourth-order valence-electron chi connectivity index (χ4n) is 1.90. The zero-order valence-corrected chi connectivity index (χ0v) is 12.8. The van der Waals surface area contributed by atoms with Gasteiger partial charge >= 0.3 is 6.18 Å². The number of nitrogens with one attached hydrogen (secondary N) is 3. The average Bonchev–Trinajstić information content (AvgIpc) is 2.64. The lowest BCUT2D eigenvalue weighted by molar-refractivity contribution is -0.137. The molecule has 0 aliphatic rings. The Labute approximate surface area is 121 Å². The summed E-state index contributed by atoms with van der Waals surface area (Å²) in [5, 5.41) is 9.34. The van der Waals surface area contributed by atoms with E-state index in [0.29, 0.717) is 6.54 Å². The summed E-state index contributed by atoms with van der Waals surface area (Å²) in [7, 11) is -4.06. The minimum atomic E-state index is -4.43. The maximum Gasteiger partial charge on any atom is 0.390 e. The van der Waals surface area contributed by atoms with Crippen LogP contribution in [0.15, 0.2) is 4.90 Å². The van der Waals surface area contributed by atoms with Crippen molar-refractivity contribution in [2.45, 2.75) is 50.9 Å². The zero-order chi connectivity index (χ0) is 16.3. The van der Waals surface area contributed by atoms with Gasteiger partial charge in [0.05, 0.1) is 17.8 Å². The third-order valence-electron chi connectivity index (χ3n) is 2.67. The van der Waals surface area contributed by atoms with Crippen LogP contribution in [0.4, 0.5) is 13.2 Å². The molecule has 0 fully saturated rings. The number of alkyl halides is 3. The summed E-state index contributed by atoms with van der Waals surface area (Å²) in [6, 6.07) is -1.25. The van der Waals surface area contributed by atoms with E-state index < -0.39 is 28.7 Å². The van der Waals surface area contributed by atoms with Gasteiger partial charge in [0.15, 0.2) is 0 Å². The molecule has 0 radical (unpaired) electrons. The molecule has 1 rings (SSSR count). The van der Waals surface area contributed by atoms with Crippen molar-refractivity contribution < 1.29 is 21.6 Å². The monoisotopic (exact) mass is 328 g/mol. The highest BCUT2D eigenvalue weighted by molar-refractivity contribution is 7.89. The van der Waals surface area contributed by atoms with Crippen LogP contribution in [-0.4, -0.2) is 37.4 Å². The van der Waals surface area contributed by atoms with Crippen LogP contribution < -0.4 is 10.0 Å². The Morgan fingerprint density at radius 1 is 1.38 bits per heavy atom. The van der Waals surface area contributed by atoms with Gasteiger partial charge in [-0.25, -0.2) is 13.1 Å². The van der Waals surface area contributed by atoms with Crippen LogP contribution in [0.25, 0.3) is 0 Å². The molecule has 0 aliphatic heterocycles. The summed E-state index contributed by atoms with van der Waals surface area (Å²) < 4.78 is 63.3. The van der Waals surface area contributed by atoms with E-state index in [-0.39, 0.29) is 22.8 Å². The molecule has 0 aliphatic carbocycles. The number of rotatable bonds is 7. The number of halogens is 3. The Bertz CT molecular complexity index is 569. The maximum atomic E-state index is 12.3. The van der Waals surface area contributed by atoms with E-state index in [9.17, 15) is 21.6 Å². The van der Waals surface area contributed by atoms with Crippen LogP contribution in [0, 0.1) is 6.92 Å². The van der Waals surface area contributed by atoms with Crippen molar-refractivity contribution in [1.82, 2.24) is 20.2 Å². The Morgan fingerprint density at radius 3 is 2.52 bits per heavy atom. The van der Waals surface area contributed by atoms with E-state index in [0.717, 1.165) is 0 Å². The molecule has 0 aromatic carbocycles. The Kier molecular flexibility index (Phi) is 5.76. The first-order valence-electron chi connectivity index (χ1n) is 6.40. The molecule has 10 heteroatoms. The molecule has 0 amide bonds. The molecule has 0 saturated carbocycles. The fraction of sp³-hybridized carbons (Fsp3) is 0.727. The number of aryl methyl sites for hydroxylation is 1. The van der Waals surface area contributed by atoms with Gasteiger partial charge in [0.1, 0.15) is 4.90 Å². The number of hydrogen-bond donors (Lipinski definition) is 3. The highest BCUT2D eigenvalue weighted by Crippen LogP contribution is 2.23. The molecule has 122 valence electrons. The largest absolute Gasteiger partial charge is 0.390 e.